The van der Waals surface area contributed by atoms with Crippen molar-refractivity contribution < 1.29 is 14.0 Å². The first-order valence-corrected chi connectivity index (χ1v) is 9.84. The van der Waals surface area contributed by atoms with Crippen LogP contribution in [0.25, 0.3) is 0 Å². The molecule has 2 amide bonds. The lowest BCUT2D eigenvalue weighted by molar-refractivity contribution is -0.118. The van der Waals surface area contributed by atoms with Gasteiger partial charge < -0.3 is 19.6 Å². The third kappa shape index (κ3) is 4.31. The van der Waals surface area contributed by atoms with Crippen LogP contribution in [0.4, 0.5) is 15.9 Å². The quantitative estimate of drug-likeness (QED) is 0.731. The van der Waals surface area contributed by atoms with Gasteiger partial charge in [0, 0.05) is 64.2 Å². The van der Waals surface area contributed by atoms with Gasteiger partial charge in [0.1, 0.15) is 11.6 Å². The molecule has 2 fully saturated rings. The van der Waals surface area contributed by atoms with Crippen LogP contribution in [-0.2, 0) is 4.79 Å². The van der Waals surface area contributed by atoms with Crippen molar-refractivity contribution in [1.29, 1.82) is 0 Å². The molecule has 2 aliphatic rings. The van der Waals surface area contributed by atoms with Crippen LogP contribution in [0.5, 0.6) is 0 Å². The zero-order valence-electron chi connectivity index (χ0n) is 16.2. The maximum absolute atomic E-state index is 13.1. The van der Waals surface area contributed by atoms with E-state index < -0.39 is 0 Å². The van der Waals surface area contributed by atoms with Crippen LogP contribution in [-0.4, -0.2) is 79.5 Å². The molecule has 2 saturated heterocycles. The minimum absolute atomic E-state index is 0.0198. The van der Waals surface area contributed by atoms with Gasteiger partial charge in [-0.3, -0.25) is 9.59 Å². The average molecular weight is 397 g/mol. The highest BCUT2D eigenvalue weighted by molar-refractivity contribution is 5.94. The monoisotopic (exact) mass is 397 g/mol. The van der Waals surface area contributed by atoms with Crippen LogP contribution in [0.2, 0.25) is 0 Å². The van der Waals surface area contributed by atoms with Crippen molar-refractivity contribution in [3.63, 3.8) is 0 Å². The van der Waals surface area contributed by atoms with Crippen molar-refractivity contribution in [3.8, 4) is 0 Å². The number of carbonyl (C=O) groups excluding carboxylic acids is 2. The molecule has 8 heteroatoms. The predicted octanol–water partition coefficient (Wildman–Crippen LogP) is 1.46. The maximum atomic E-state index is 13.1. The molecule has 0 bridgehead atoms. The fraction of sp³-hybridized carbons (Fsp3) is 0.381. The second-order valence-corrected chi connectivity index (χ2v) is 7.29. The van der Waals surface area contributed by atoms with E-state index in [9.17, 15) is 14.0 Å². The van der Waals surface area contributed by atoms with E-state index in [-0.39, 0.29) is 11.7 Å². The molecule has 1 aromatic heterocycles. The van der Waals surface area contributed by atoms with Crippen LogP contribution in [0.3, 0.4) is 0 Å². The number of anilines is 2. The van der Waals surface area contributed by atoms with Gasteiger partial charge in [-0.1, -0.05) is 0 Å². The van der Waals surface area contributed by atoms with Crippen LogP contribution in [0.1, 0.15) is 10.4 Å². The van der Waals surface area contributed by atoms with E-state index in [1.54, 1.807) is 23.2 Å². The topological polar surface area (TPSA) is 60.0 Å². The van der Waals surface area contributed by atoms with Gasteiger partial charge in [0.25, 0.3) is 5.91 Å². The Morgan fingerprint density at radius 2 is 1.52 bits per heavy atom. The maximum Gasteiger partial charge on any atom is 0.255 e. The second-order valence-electron chi connectivity index (χ2n) is 7.29. The first-order valence-electron chi connectivity index (χ1n) is 9.84. The van der Waals surface area contributed by atoms with Crippen LogP contribution < -0.4 is 9.80 Å². The van der Waals surface area contributed by atoms with Crippen molar-refractivity contribution in [2.45, 2.75) is 0 Å². The summed E-state index contributed by atoms with van der Waals surface area (Å²) in [6, 6.07) is 10.1. The standard InChI is InChI=1S/C21H24FN5O2/c22-18-2-4-19(5-3-18)25-11-13-27(14-12-25)21(29)17-1-6-20(23-15-17)26-9-7-24(16-28)8-10-26/h1-6,15-16H,7-14H2. The van der Waals surface area contributed by atoms with E-state index in [0.717, 1.165) is 31.0 Å². The Balaban J connectivity index is 1.33. The number of carbonyl (C=O) groups is 2. The van der Waals surface area contributed by atoms with Crippen molar-refractivity contribution in [2.75, 3.05) is 62.2 Å². The van der Waals surface area contributed by atoms with Crippen LogP contribution >= 0.6 is 0 Å². The SMILES string of the molecule is O=CN1CCN(c2ccc(C(=O)N3CCN(c4ccc(F)cc4)CC3)cn2)CC1. The molecule has 1 aromatic carbocycles. The zero-order chi connectivity index (χ0) is 20.2. The largest absolute Gasteiger partial charge is 0.368 e. The Morgan fingerprint density at radius 1 is 0.862 bits per heavy atom. The Kier molecular flexibility index (Phi) is 5.59. The summed E-state index contributed by atoms with van der Waals surface area (Å²) in [6.45, 7) is 5.51. The number of amides is 2. The van der Waals surface area contributed by atoms with Gasteiger partial charge in [-0.05, 0) is 36.4 Å². The molecule has 2 aliphatic heterocycles. The molecular formula is C21H24FN5O2. The fourth-order valence-electron chi connectivity index (χ4n) is 3.76. The van der Waals surface area contributed by atoms with Gasteiger partial charge in [-0.2, -0.15) is 0 Å². The summed E-state index contributed by atoms with van der Waals surface area (Å²) < 4.78 is 13.1. The van der Waals surface area contributed by atoms with Gasteiger partial charge in [-0.25, -0.2) is 9.37 Å². The van der Waals surface area contributed by atoms with Crippen molar-refractivity contribution in [3.05, 3.63) is 54.0 Å². The smallest absolute Gasteiger partial charge is 0.255 e. The third-order valence-electron chi connectivity index (χ3n) is 5.54. The Bertz CT molecular complexity index is 842. The summed E-state index contributed by atoms with van der Waals surface area (Å²) in [5.74, 6) is 0.561. The highest BCUT2D eigenvalue weighted by Gasteiger charge is 2.23. The first-order chi connectivity index (χ1) is 14.1. The molecule has 3 heterocycles. The summed E-state index contributed by atoms with van der Waals surface area (Å²) in [5.41, 5.74) is 1.55. The number of hydrogen-bond acceptors (Lipinski definition) is 5. The minimum Gasteiger partial charge on any atom is -0.368 e. The summed E-state index contributed by atoms with van der Waals surface area (Å²) in [6.07, 6.45) is 2.51. The van der Waals surface area contributed by atoms with E-state index in [4.69, 9.17) is 0 Å². The lowest BCUT2D eigenvalue weighted by Crippen LogP contribution is -2.48. The number of hydrogen-bond donors (Lipinski definition) is 0. The van der Waals surface area contributed by atoms with Gasteiger partial charge in [0.05, 0.1) is 5.56 Å². The predicted molar refractivity (Wildman–Crippen MR) is 109 cm³/mol. The number of nitrogens with zero attached hydrogens (tertiary/aromatic N) is 5. The van der Waals surface area contributed by atoms with Crippen LogP contribution in [0.15, 0.2) is 42.6 Å². The van der Waals surface area contributed by atoms with Crippen LogP contribution in [0, 0.1) is 5.82 Å². The van der Waals surface area contributed by atoms with Gasteiger partial charge >= 0.3 is 0 Å². The number of rotatable bonds is 4. The van der Waals surface area contributed by atoms with Crippen molar-refractivity contribution in [1.82, 2.24) is 14.8 Å². The average Bonchev–Trinajstić information content (AvgIpc) is 2.79. The number of halogens is 1. The molecule has 0 saturated carbocycles. The Labute approximate surface area is 169 Å². The van der Waals surface area contributed by atoms with E-state index in [2.05, 4.69) is 14.8 Å². The number of pyridine rings is 1. The molecule has 0 spiro atoms. The molecule has 29 heavy (non-hydrogen) atoms. The van der Waals surface area contributed by atoms with Crippen molar-refractivity contribution >= 4 is 23.8 Å². The van der Waals surface area contributed by atoms with E-state index >= 15 is 0 Å². The highest BCUT2D eigenvalue weighted by Crippen LogP contribution is 2.19. The molecule has 0 N–H and O–H groups in total. The second kappa shape index (κ2) is 8.46. The van der Waals surface area contributed by atoms with Gasteiger partial charge in [-0.15, -0.1) is 0 Å². The van der Waals surface area contributed by atoms with E-state index in [1.165, 1.54) is 12.1 Å². The summed E-state index contributed by atoms with van der Waals surface area (Å²) in [4.78, 5) is 36.0. The number of aromatic nitrogens is 1. The lowest BCUT2D eigenvalue weighted by Gasteiger charge is -2.36. The van der Waals surface area contributed by atoms with Gasteiger partial charge in [0.15, 0.2) is 0 Å². The molecule has 0 unspecified atom stereocenters. The summed E-state index contributed by atoms with van der Waals surface area (Å²) in [5, 5.41) is 0. The zero-order valence-corrected chi connectivity index (χ0v) is 16.2. The first kappa shape index (κ1) is 19.2. The molecule has 0 aliphatic carbocycles. The Morgan fingerprint density at radius 3 is 2.10 bits per heavy atom. The summed E-state index contributed by atoms with van der Waals surface area (Å²) in [7, 11) is 0. The molecule has 152 valence electrons. The fourth-order valence-corrected chi connectivity index (χ4v) is 3.76. The summed E-state index contributed by atoms with van der Waals surface area (Å²) >= 11 is 0. The number of benzene rings is 1. The third-order valence-corrected chi connectivity index (χ3v) is 5.54. The number of piperazine rings is 2. The minimum atomic E-state index is -0.246. The molecule has 2 aromatic rings. The Hall–Kier alpha value is -3.16. The van der Waals surface area contributed by atoms with E-state index in [0.29, 0.717) is 44.8 Å². The van der Waals surface area contributed by atoms with Crippen molar-refractivity contribution in [2.24, 2.45) is 0 Å². The molecular weight excluding hydrogens is 373 g/mol. The molecule has 7 nitrogen and oxygen atoms in total. The molecule has 0 radical (unpaired) electrons. The van der Waals surface area contributed by atoms with E-state index in [1.807, 2.05) is 17.0 Å². The lowest BCUT2D eigenvalue weighted by atomic mass is 10.2. The molecule has 0 atom stereocenters. The van der Waals surface area contributed by atoms with Gasteiger partial charge in [0.2, 0.25) is 6.41 Å². The molecule has 4 rings (SSSR count). The highest BCUT2D eigenvalue weighted by atomic mass is 19.1. The normalized spacial score (nSPS) is 17.4.